The van der Waals surface area contributed by atoms with Gasteiger partial charge < -0.3 is 9.15 Å². The minimum atomic E-state index is -1.73. The largest absolute Gasteiger partial charge is 0.474 e. The van der Waals surface area contributed by atoms with E-state index in [1.54, 1.807) is 6.26 Å². The number of rotatable bonds is 9. The van der Waals surface area contributed by atoms with Crippen molar-refractivity contribution < 1.29 is 13.9 Å². The van der Waals surface area contributed by atoms with Gasteiger partial charge in [0.25, 0.3) is 0 Å². The third kappa shape index (κ3) is 6.10. The van der Waals surface area contributed by atoms with Crippen molar-refractivity contribution in [1.82, 2.24) is 0 Å². The lowest BCUT2D eigenvalue weighted by Crippen LogP contribution is -2.48. The summed E-state index contributed by atoms with van der Waals surface area (Å²) in [5, 5.41) is 1.28. The van der Waals surface area contributed by atoms with Gasteiger partial charge >= 0.3 is 5.97 Å². The zero-order valence-corrected chi connectivity index (χ0v) is 19.4. The number of carbonyl (C=O) groups excluding carboxylic acids is 1. The first-order chi connectivity index (χ1) is 13.1. The van der Waals surface area contributed by atoms with Gasteiger partial charge in [-0.05, 0) is 42.4 Å². The van der Waals surface area contributed by atoms with Crippen LogP contribution in [-0.2, 0) is 16.0 Å². The van der Waals surface area contributed by atoms with E-state index in [1.165, 1.54) is 12.5 Å². The molecule has 0 aliphatic heterocycles. The molecule has 1 heterocycles. The van der Waals surface area contributed by atoms with Crippen LogP contribution in [0.3, 0.4) is 0 Å². The van der Waals surface area contributed by atoms with Crippen LogP contribution in [0.4, 0.5) is 0 Å². The summed E-state index contributed by atoms with van der Waals surface area (Å²) in [6.45, 7) is 13.0. The maximum atomic E-state index is 11.6. The second kappa shape index (κ2) is 9.60. The SMILES string of the molecule is CC(=O)OC(CCCCCc1ccccc1)c1coc([Si](C)(C)C(C)(C)C)c1. The predicted molar refractivity (Wildman–Crippen MR) is 119 cm³/mol. The summed E-state index contributed by atoms with van der Waals surface area (Å²) >= 11 is 0. The van der Waals surface area contributed by atoms with Gasteiger partial charge in [-0.1, -0.05) is 70.6 Å². The van der Waals surface area contributed by atoms with Crippen molar-refractivity contribution >= 4 is 19.4 Å². The van der Waals surface area contributed by atoms with Crippen LogP contribution in [0.5, 0.6) is 0 Å². The topological polar surface area (TPSA) is 39.4 Å². The van der Waals surface area contributed by atoms with E-state index in [2.05, 4.69) is 70.3 Å². The smallest absolute Gasteiger partial charge is 0.303 e. The second-order valence-corrected chi connectivity index (χ2v) is 14.5. The Bertz CT molecular complexity index is 741. The van der Waals surface area contributed by atoms with Crippen LogP contribution < -0.4 is 5.38 Å². The number of ether oxygens (including phenoxy) is 1. The summed E-state index contributed by atoms with van der Waals surface area (Å²) in [5.74, 6) is -0.232. The highest BCUT2D eigenvalue weighted by molar-refractivity contribution is 6.91. The first kappa shape index (κ1) is 22.5. The fraction of sp³-hybridized carbons (Fsp3) is 0.542. The molecule has 0 bridgehead atoms. The molecule has 154 valence electrons. The van der Waals surface area contributed by atoms with Crippen LogP contribution in [0.25, 0.3) is 0 Å². The van der Waals surface area contributed by atoms with Crippen LogP contribution in [0.2, 0.25) is 18.1 Å². The number of benzene rings is 1. The van der Waals surface area contributed by atoms with Crippen LogP contribution in [0.15, 0.2) is 47.1 Å². The first-order valence-electron chi connectivity index (χ1n) is 10.4. The van der Waals surface area contributed by atoms with E-state index in [0.29, 0.717) is 0 Å². The summed E-state index contributed by atoms with van der Waals surface area (Å²) in [6.07, 6.45) is 6.83. The minimum absolute atomic E-state index is 0.205. The highest BCUT2D eigenvalue weighted by Crippen LogP contribution is 2.36. The molecule has 0 fully saturated rings. The fourth-order valence-corrected chi connectivity index (χ4v) is 4.81. The van der Waals surface area contributed by atoms with Crippen LogP contribution in [0, 0.1) is 0 Å². The molecule has 1 aromatic carbocycles. The average molecular weight is 401 g/mol. The Morgan fingerprint density at radius 3 is 2.39 bits per heavy atom. The quantitative estimate of drug-likeness (QED) is 0.278. The molecule has 1 unspecified atom stereocenters. The summed E-state index contributed by atoms with van der Waals surface area (Å²) < 4.78 is 11.6. The Morgan fingerprint density at radius 1 is 1.11 bits per heavy atom. The summed E-state index contributed by atoms with van der Waals surface area (Å²) in [4.78, 5) is 11.6. The van der Waals surface area contributed by atoms with Crippen molar-refractivity contribution in [2.24, 2.45) is 0 Å². The van der Waals surface area contributed by atoms with Gasteiger partial charge in [0.15, 0.2) is 0 Å². The number of unbranched alkanes of at least 4 members (excludes halogenated alkanes) is 2. The molecule has 28 heavy (non-hydrogen) atoms. The average Bonchev–Trinajstić information content (AvgIpc) is 3.11. The third-order valence-electron chi connectivity index (χ3n) is 6.07. The molecule has 0 spiro atoms. The lowest BCUT2D eigenvalue weighted by atomic mass is 10.0. The predicted octanol–water partition coefficient (Wildman–Crippen LogP) is 6.40. The van der Waals surface area contributed by atoms with Crippen molar-refractivity contribution in [3.63, 3.8) is 0 Å². The molecule has 1 atom stereocenters. The molecule has 0 saturated carbocycles. The molecule has 0 aliphatic rings. The molecule has 0 N–H and O–H groups in total. The molecule has 0 radical (unpaired) electrons. The van der Waals surface area contributed by atoms with E-state index in [0.717, 1.165) is 43.1 Å². The summed E-state index contributed by atoms with van der Waals surface area (Å²) in [6, 6.07) is 12.7. The summed E-state index contributed by atoms with van der Waals surface area (Å²) in [5.41, 5.74) is 2.38. The number of carbonyl (C=O) groups is 1. The lowest BCUT2D eigenvalue weighted by molar-refractivity contribution is -0.147. The standard InChI is InChI=1S/C24H36O3Si/c1-19(25)27-22(16-12-8-11-15-20-13-9-7-10-14-20)21-17-23(26-18-21)28(5,6)24(2,3)4/h7,9-10,13-14,17-18,22H,8,11-12,15-16H2,1-6H3. The van der Waals surface area contributed by atoms with Crippen molar-refractivity contribution in [3.8, 4) is 0 Å². The Kier molecular flexibility index (Phi) is 7.70. The number of aryl methyl sites for hydroxylation is 1. The van der Waals surface area contributed by atoms with Crippen LogP contribution in [-0.4, -0.2) is 14.0 Å². The maximum absolute atomic E-state index is 11.6. The van der Waals surface area contributed by atoms with E-state index in [9.17, 15) is 4.79 Å². The zero-order valence-electron chi connectivity index (χ0n) is 18.4. The molecule has 4 heteroatoms. The second-order valence-electron chi connectivity index (χ2n) is 9.30. The zero-order chi connectivity index (χ0) is 20.8. The van der Waals surface area contributed by atoms with Gasteiger partial charge in [0, 0.05) is 12.5 Å². The van der Waals surface area contributed by atoms with Crippen LogP contribution in [0.1, 0.15) is 70.6 Å². The van der Waals surface area contributed by atoms with E-state index >= 15 is 0 Å². The summed E-state index contributed by atoms with van der Waals surface area (Å²) in [7, 11) is -1.73. The number of esters is 1. The number of hydrogen-bond donors (Lipinski definition) is 0. The third-order valence-corrected chi connectivity index (χ3v) is 11.3. The van der Waals surface area contributed by atoms with Gasteiger partial charge in [0.1, 0.15) is 14.2 Å². The highest BCUT2D eigenvalue weighted by atomic mass is 28.3. The Morgan fingerprint density at radius 2 is 1.79 bits per heavy atom. The fourth-order valence-electron chi connectivity index (χ4n) is 3.19. The normalized spacial score (nSPS) is 13.4. The van der Waals surface area contributed by atoms with Crippen LogP contribution >= 0.6 is 0 Å². The monoisotopic (exact) mass is 400 g/mol. The first-order valence-corrected chi connectivity index (χ1v) is 13.4. The van der Waals surface area contributed by atoms with Crippen molar-refractivity contribution in [2.45, 2.75) is 84.0 Å². The Labute approximate surface area is 171 Å². The van der Waals surface area contributed by atoms with Crippen molar-refractivity contribution in [1.29, 1.82) is 0 Å². The van der Waals surface area contributed by atoms with Crippen molar-refractivity contribution in [2.75, 3.05) is 0 Å². The molecular weight excluding hydrogens is 364 g/mol. The van der Waals surface area contributed by atoms with Gasteiger partial charge in [-0.2, -0.15) is 0 Å². The molecule has 1 aromatic heterocycles. The van der Waals surface area contributed by atoms with E-state index in [4.69, 9.17) is 9.15 Å². The Hall–Kier alpha value is -1.81. The van der Waals surface area contributed by atoms with Gasteiger partial charge in [0.05, 0.1) is 11.6 Å². The molecule has 3 nitrogen and oxygen atoms in total. The molecule has 2 rings (SSSR count). The van der Waals surface area contributed by atoms with Gasteiger partial charge in [-0.15, -0.1) is 0 Å². The number of furan rings is 1. The van der Waals surface area contributed by atoms with Gasteiger partial charge in [-0.25, -0.2) is 0 Å². The van der Waals surface area contributed by atoms with E-state index in [-0.39, 0.29) is 17.1 Å². The van der Waals surface area contributed by atoms with Gasteiger partial charge in [-0.3, -0.25) is 4.79 Å². The molecule has 0 saturated heterocycles. The van der Waals surface area contributed by atoms with E-state index in [1.807, 2.05) is 0 Å². The maximum Gasteiger partial charge on any atom is 0.303 e. The van der Waals surface area contributed by atoms with Gasteiger partial charge in [0.2, 0.25) is 0 Å². The highest BCUT2D eigenvalue weighted by Gasteiger charge is 2.40. The molecule has 2 aromatic rings. The van der Waals surface area contributed by atoms with E-state index < -0.39 is 8.07 Å². The van der Waals surface area contributed by atoms with Crippen molar-refractivity contribution in [3.05, 3.63) is 53.8 Å². The molecule has 0 aliphatic carbocycles. The number of hydrogen-bond acceptors (Lipinski definition) is 3. The molecule has 0 amide bonds. The Balaban J connectivity index is 1.95. The molecular formula is C24H36O3Si. The minimum Gasteiger partial charge on any atom is -0.474 e. The lowest BCUT2D eigenvalue weighted by Gasteiger charge is -2.34.